The van der Waals surface area contributed by atoms with Crippen molar-refractivity contribution in [3.8, 4) is 0 Å². The first-order chi connectivity index (χ1) is 18.0. The third-order valence-corrected chi connectivity index (χ3v) is 9.39. The number of fused-ring (bicyclic) bond motifs is 3. The minimum absolute atomic E-state index is 0.0690. The molecule has 3 N–H and O–H groups in total. The number of carbonyl (C=O) groups is 3. The van der Waals surface area contributed by atoms with E-state index >= 15 is 0 Å². The molecule has 0 spiro atoms. The van der Waals surface area contributed by atoms with Crippen LogP contribution in [0.2, 0.25) is 0 Å². The zero-order valence-corrected chi connectivity index (χ0v) is 23.4. The molecule has 2 fully saturated rings. The number of sulfonamides is 1. The molecule has 2 amide bonds. The van der Waals surface area contributed by atoms with Crippen LogP contribution in [0.3, 0.4) is 0 Å². The van der Waals surface area contributed by atoms with Crippen molar-refractivity contribution in [1.82, 2.24) is 14.9 Å². The number of para-hydroxylation sites is 1. The van der Waals surface area contributed by atoms with Crippen LogP contribution in [0.1, 0.15) is 56.3 Å². The van der Waals surface area contributed by atoms with Crippen molar-refractivity contribution in [2.75, 3.05) is 29.6 Å². The van der Waals surface area contributed by atoms with Crippen LogP contribution in [0, 0.1) is 5.92 Å². The van der Waals surface area contributed by atoms with E-state index in [1.165, 1.54) is 4.90 Å². The monoisotopic (exact) mass is 568 g/mol. The van der Waals surface area contributed by atoms with Gasteiger partial charge >= 0.3 is 0 Å². The summed E-state index contributed by atoms with van der Waals surface area (Å²) in [6, 6.07) is 6.72. The molecule has 0 aliphatic carbocycles. The number of rotatable bonds is 11. The van der Waals surface area contributed by atoms with Crippen molar-refractivity contribution in [3.63, 3.8) is 0 Å². The summed E-state index contributed by atoms with van der Waals surface area (Å²) >= 11 is 5.57. The number of hydrogen-bond donors (Lipinski definition) is 3. The van der Waals surface area contributed by atoms with Crippen molar-refractivity contribution in [2.24, 2.45) is 5.92 Å². The quantitative estimate of drug-likeness (QED) is 0.270. The van der Waals surface area contributed by atoms with Crippen LogP contribution in [-0.4, -0.2) is 91.0 Å². The smallest absolute Gasteiger partial charge is 0.247 e. The van der Waals surface area contributed by atoms with Gasteiger partial charge in [-0.15, -0.1) is 11.6 Å². The number of nitrogens with one attached hydrogen (secondary N) is 2. The Morgan fingerprint density at radius 2 is 1.82 bits per heavy atom. The summed E-state index contributed by atoms with van der Waals surface area (Å²) < 4.78 is 26.4. The summed E-state index contributed by atoms with van der Waals surface area (Å²) in [5.74, 6) is -2.77. The molecule has 1 aromatic carbocycles. The second-order valence-electron chi connectivity index (χ2n) is 10.7. The van der Waals surface area contributed by atoms with Crippen LogP contribution in [0.15, 0.2) is 24.3 Å². The van der Waals surface area contributed by atoms with E-state index in [0.29, 0.717) is 37.1 Å². The molecule has 210 valence electrons. The van der Waals surface area contributed by atoms with Gasteiger partial charge in [0.2, 0.25) is 21.8 Å². The number of amides is 2. The topological polar surface area (TPSA) is 136 Å². The Hall–Kier alpha value is -2.05. The average molecular weight is 569 g/mol. The molecule has 2 saturated heterocycles. The number of anilines is 1. The number of alkyl halides is 1. The van der Waals surface area contributed by atoms with Gasteiger partial charge in [-0.1, -0.05) is 12.1 Å². The zero-order chi connectivity index (χ0) is 27.6. The number of nitrogens with zero attached hydrogens (tertiary/aromatic N) is 2. The summed E-state index contributed by atoms with van der Waals surface area (Å²) in [6.07, 6.45) is 2.55. The van der Waals surface area contributed by atoms with Crippen LogP contribution in [0.5, 0.6) is 0 Å². The van der Waals surface area contributed by atoms with Gasteiger partial charge in [0.05, 0.1) is 17.5 Å². The van der Waals surface area contributed by atoms with Gasteiger partial charge in [0, 0.05) is 48.7 Å². The second-order valence-corrected chi connectivity index (χ2v) is 13.0. The number of aliphatic hydroxyl groups is 1. The number of benzene rings is 1. The van der Waals surface area contributed by atoms with E-state index in [4.69, 9.17) is 11.6 Å². The highest BCUT2D eigenvalue weighted by Gasteiger charge is 2.47. The fourth-order valence-corrected chi connectivity index (χ4v) is 7.41. The first-order valence-corrected chi connectivity index (χ1v) is 15.4. The van der Waals surface area contributed by atoms with Gasteiger partial charge in [-0.2, -0.15) is 0 Å². The molecule has 3 unspecified atom stereocenters. The molecule has 1 aromatic rings. The van der Waals surface area contributed by atoms with Gasteiger partial charge in [0.1, 0.15) is 0 Å². The fourth-order valence-electron chi connectivity index (χ4n) is 6.00. The predicted octanol–water partition coefficient (Wildman–Crippen LogP) is 1.26. The largest absolute Gasteiger partial charge is 0.390 e. The summed E-state index contributed by atoms with van der Waals surface area (Å²) in [4.78, 5) is 43.5. The number of Topliss-reactive ketones (excluding diaryl/α,β-unsaturated/α-hetero) is 1. The van der Waals surface area contributed by atoms with Crippen LogP contribution in [0.25, 0.3) is 0 Å². The van der Waals surface area contributed by atoms with Gasteiger partial charge in [-0.05, 0) is 58.1 Å². The van der Waals surface area contributed by atoms with E-state index in [0.717, 1.165) is 12.8 Å². The first-order valence-electron chi connectivity index (χ1n) is 13.3. The molecule has 3 aliphatic heterocycles. The molecule has 3 aliphatic rings. The third kappa shape index (κ3) is 6.22. The summed E-state index contributed by atoms with van der Waals surface area (Å²) in [6.45, 7) is 3.96. The Morgan fingerprint density at radius 1 is 1.16 bits per heavy atom. The molecule has 4 rings (SSSR count). The van der Waals surface area contributed by atoms with Gasteiger partial charge in [-0.25, -0.2) is 13.1 Å². The Bertz CT molecular complexity index is 1150. The molecule has 5 atom stereocenters. The number of aliphatic hydroxyl groups excluding tert-OH is 1. The van der Waals surface area contributed by atoms with Crippen LogP contribution >= 0.6 is 11.6 Å². The lowest BCUT2D eigenvalue weighted by atomic mass is 9.88. The van der Waals surface area contributed by atoms with Crippen molar-refractivity contribution in [3.05, 3.63) is 29.8 Å². The van der Waals surface area contributed by atoms with E-state index in [1.54, 1.807) is 24.3 Å². The summed E-state index contributed by atoms with van der Waals surface area (Å²) in [5, 5.41) is 13.5. The number of ketones is 1. The standard InChI is InChI=1S/C26H37ClN4O6S/c1-16(2)31-22-7-4-3-6-21(22)24(33)23(26(31)35)25(34)29-17-12-18-8-9-19(13-17)30(18)15-20(32)14-28-38(36,37)11-5-10-27/h3-4,6-7,16-20,23,28,32H,5,8-15H2,1-2H3,(H,29,34)/t17?,18-,19+,20?,23?. The lowest BCUT2D eigenvalue weighted by Gasteiger charge is -2.41. The van der Waals surface area contributed by atoms with Gasteiger partial charge in [0.15, 0.2) is 11.7 Å². The molecule has 2 bridgehead atoms. The number of carbonyl (C=O) groups excluding carboxylic acids is 3. The Kier molecular flexibility index (Phi) is 9.14. The Labute approximate surface area is 229 Å². The third-order valence-electron chi connectivity index (χ3n) is 7.69. The molecule has 38 heavy (non-hydrogen) atoms. The van der Waals surface area contributed by atoms with E-state index < -0.39 is 39.6 Å². The molecule has 3 heterocycles. The van der Waals surface area contributed by atoms with Crippen molar-refractivity contribution in [1.29, 1.82) is 0 Å². The highest BCUT2D eigenvalue weighted by molar-refractivity contribution is 7.89. The molecule has 12 heteroatoms. The lowest BCUT2D eigenvalue weighted by Crippen LogP contribution is -2.57. The minimum Gasteiger partial charge on any atom is -0.390 e. The summed E-state index contributed by atoms with van der Waals surface area (Å²) in [5.41, 5.74) is 0.913. The van der Waals surface area contributed by atoms with Gasteiger partial charge in [0.25, 0.3) is 0 Å². The van der Waals surface area contributed by atoms with Crippen molar-refractivity contribution < 1.29 is 27.9 Å². The van der Waals surface area contributed by atoms with Crippen LogP contribution < -0.4 is 14.9 Å². The number of hydrogen-bond acceptors (Lipinski definition) is 7. The lowest BCUT2D eigenvalue weighted by molar-refractivity contribution is -0.132. The van der Waals surface area contributed by atoms with Crippen LogP contribution in [-0.2, 0) is 19.6 Å². The Balaban J connectivity index is 1.35. The highest BCUT2D eigenvalue weighted by atomic mass is 35.5. The summed E-state index contributed by atoms with van der Waals surface area (Å²) in [7, 11) is -3.48. The maximum absolute atomic E-state index is 13.3. The zero-order valence-electron chi connectivity index (χ0n) is 21.8. The molecular formula is C26H37ClN4O6S. The second kappa shape index (κ2) is 12.0. The van der Waals surface area contributed by atoms with Crippen molar-refractivity contribution >= 4 is 44.9 Å². The van der Waals surface area contributed by atoms with Crippen molar-refractivity contribution in [2.45, 2.75) is 76.2 Å². The minimum atomic E-state index is -3.48. The number of piperidine rings is 1. The Morgan fingerprint density at radius 3 is 2.45 bits per heavy atom. The van der Waals surface area contributed by atoms with E-state index in [9.17, 15) is 27.9 Å². The maximum atomic E-state index is 13.3. The fraction of sp³-hybridized carbons (Fsp3) is 0.654. The predicted molar refractivity (Wildman–Crippen MR) is 145 cm³/mol. The van der Waals surface area contributed by atoms with Gasteiger partial charge in [-0.3, -0.25) is 19.3 Å². The SMILES string of the molecule is CC(C)N1C(=O)C(C(=O)NC2C[C@H]3CC[C@@H](C2)N3CC(O)CNS(=O)(=O)CCCCl)C(=O)c2ccccc21. The molecule has 0 radical (unpaired) electrons. The van der Waals surface area contributed by atoms with E-state index in [-0.39, 0.29) is 42.3 Å². The molecule has 0 aromatic heterocycles. The van der Waals surface area contributed by atoms with Crippen LogP contribution in [0.4, 0.5) is 5.69 Å². The molecule has 0 saturated carbocycles. The van der Waals surface area contributed by atoms with E-state index in [1.807, 2.05) is 13.8 Å². The molecular weight excluding hydrogens is 532 g/mol. The highest BCUT2D eigenvalue weighted by Crippen LogP contribution is 2.37. The van der Waals surface area contributed by atoms with E-state index in [2.05, 4.69) is 14.9 Å². The maximum Gasteiger partial charge on any atom is 0.247 e. The average Bonchev–Trinajstić information content (AvgIpc) is 3.08. The number of halogens is 1. The molecule has 10 nitrogen and oxygen atoms in total. The first kappa shape index (κ1) is 28.9. The normalized spacial score (nSPS) is 26.5. The van der Waals surface area contributed by atoms with Gasteiger partial charge < -0.3 is 15.3 Å².